The minimum absolute atomic E-state index is 0.00957. The molecule has 0 saturated carbocycles. The van der Waals surface area contributed by atoms with Crippen molar-refractivity contribution < 1.29 is 32.8 Å². The highest BCUT2D eigenvalue weighted by Gasteiger charge is 2.21. The van der Waals surface area contributed by atoms with E-state index in [9.17, 15) is 13.5 Å². The Morgan fingerprint density at radius 3 is 2.53 bits per heavy atom. The molecular formula is C11H22O7S. The number of rotatable bonds is 12. The summed E-state index contributed by atoms with van der Waals surface area (Å²) in [6.45, 7) is 3.74. The largest absolute Gasteiger partial charge is 0.394 e. The van der Waals surface area contributed by atoms with Crippen molar-refractivity contribution in [3.8, 4) is 0 Å². The van der Waals surface area contributed by atoms with Gasteiger partial charge in [0.2, 0.25) is 0 Å². The van der Waals surface area contributed by atoms with Crippen molar-refractivity contribution in [3.05, 3.63) is 12.0 Å². The van der Waals surface area contributed by atoms with E-state index in [1.165, 1.54) is 7.11 Å². The maximum atomic E-state index is 11.2. The summed E-state index contributed by atoms with van der Waals surface area (Å²) in [4.78, 5) is 0. The molecule has 7 nitrogen and oxygen atoms in total. The van der Waals surface area contributed by atoms with Gasteiger partial charge in [-0.3, -0.25) is 0 Å². The molecule has 0 rings (SSSR count). The minimum atomic E-state index is -3.35. The third-order valence-corrected chi connectivity index (χ3v) is 3.56. The van der Waals surface area contributed by atoms with Crippen molar-refractivity contribution in [3.63, 3.8) is 0 Å². The highest BCUT2D eigenvalue weighted by molar-refractivity contribution is 7.94. The van der Waals surface area contributed by atoms with Gasteiger partial charge in [-0.05, 0) is 6.42 Å². The lowest BCUT2D eigenvalue weighted by Crippen LogP contribution is -2.33. The van der Waals surface area contributed by atoms with Crippen LogP contribution in [0.4, 0.5) is 0 Å². The third-order valence-electron chi connectivity index (χ3n) is 2.24. The molecule has 0 spiro atoms. The number of ether oxygens (including phenoxy) is 3. The molecule has 0 aromatic carbocycles. The number of sulfone groups is 1. The van der Waals surface area contributed by atoms with Crippen LogP contribution in [0.1, 0.15) is 6.42 Å². The average molecular weight is 298 g/mol. The van der Waals surface area contributed by atoms with Gasteiger partial charge in [-0.2, -0.15) is 0 Å². The number of aliphatic hydroxyl groups excluding tert-OH is 2. The normalized spacial score (nSPS) is 15.1. The number of hydrogen-bond acceptors (Lipinski definition) is 7. The van der Waals surface area contributed by atoms with Crippen LogP contribution in [-0.2, 0) is 24.0 Å². The Morgan fingerprint density at radius 1 is 1.32 bits per heavy atom. The molecule has 0 aliphatic carbocycles. The first kappa shape index (κ1) is 18.5. The van der Waals surface area contributed by atoms with E-state index in [4.69, 9.17) is 19.3 Å². The molecule has 8 heteroatoms. The van der Waals surface area contributed by atoms with Gasteiger partial charge in [-0.15, -0.1) is 0 Å². The quantitative estimate of drug-likeness (QED) is 0.362. The minimum Gasteiger partial charge on any atom is -0.394 e. The third kappa shape index (κ3) is 9.09. The Bertz CT molecular complexity index is 328. The van der Waals surface area contributed by atoms with Gasteiger partial charge in [-0.25, -0.2) is 8.42 Å². The standard InChI is InChI=1S/C11H22O7S/c1-3-19(14,15)9-4-10(13)11(16-2)18-8-7-17-6-5-12/h3,10-13H,1,4-9H2,2H3. The van der Waals surface area contributed by atoms with Crippen LogP contribution >= 0.6 is 0 Å². The zero-order valence-corrected chi connectivity index (χ0v) is 11.8. The first-order valence-electron chi connectivity index (χ1n) is 5.83. The molecule has 0 bridgehead atoms. The van der Waals surface area contributed by atoms with Crippen LogP contribution in [0.5, 0.6) is 0 Å². The summed E-state index contributed by atoms with van der Waals surface area (Å²) in [6, 6.07) is 0. The van der Waals surface area contributed by atoms with Crippen LogP contribution in [0.2, 0.25) is 0 Å². The second-order valence-corrected chi connectivity index (χ2v) is 5.77. The molecule has 0 heterocycles. The van der Waals surface area contributed by atoms with Crippen LogP contribution in [0.3, 0.4) is 0 Å². The van der Waals surface area contributed by atoms with Crippen molar-refractivity contribution in [2.45, 2.75) is 18.8 Å². The molecule has 0 fully saturated rings. The van der Waals surface area contributed by atoms with Gasteiger partial charge < -0.3 is 24.4 Å². The summed E-state index contributed by atoms with van der Waals surface area (Å²) >= 11 is 0. The molecule has 0 saturated heterocycles. The van der Waals surface area contributed by atoms with Crippen molar-refractivity contribution in [2.75, 3.05) is 39.3 Å². The van der Waals surface area contributed by atoms with Crippen molar-refractivity contribution in [1.82, 2.24) is 0 Å². The van der Waals surface area contributed by atoms with E-state index in [0.717, 1.165) is 5.41 Å². The van der Waals surface area contributed by atoms with E-state index in [0.29, 0.717) is 0 Å². The van der Waals surface area contributed by atoms with Crippen LogP contribution in [-0.4, -0.2) is 70.3 Å². The Kier molecular flexibility index (Phi) is 10.0. The van der Waals surface area contributed by atoms with Gasteiger partial charge in [0.05, 0.1) is 32.2 Å². The van der Waals surface area contributed by atoms with E-state index in [1.54, 1.807) is 0 Å². The molecule has 0 radical (unpaired) electrons. The molecule has 0 aliphatic rings. The van der Waals surface area contributed by atoms with Crippen LogP contribution < -0.4 is 0 Å². The fraction of sp³-hybridized carbons (Fsp3) is 0.818. The first-order valence-corrected chi connectivity index (χ1v) is 7.54. The maximum Gasteiger partial charge on any atom is 0.183 e. The zero-order chi connectivity index (χ0) is 14.7. The summed E-state index contributed by atoms with van der Waals surface area (Å²) in [5, 5.41) is 19.1. The van der Waals surface area contributed by atoms with E-state index in [1.807, 2.05) is 0 Å². The molecular weight excluding hydrogens is 276 g/mol. The summed E-state index contributed by atoms with van der Waals surface area (Å²) in [5.41, 5.74) is 0. The van der Waals surface area contributed by atoms with E-state index in [-0.39, 0.29) is 38.6 Å². The molecule has 0 aromatic heterocycles. The summed E-state index contributed by atoms with van der Waals surface area (Å²) in [5.74, 6) is -0.220. The average Bonchev–Trinajstić information content (AvgIpc) is 2.40. The van der Waals surface area contributed by atoms with E-state index in [2.05, 4.69) is 6.58 Å². The van der Waals surface area contributed by atoms with Crippen LogP contribution in [0, 0.1) is 0 Å². The van der Waals surface area contributed by atoms with Crippen molar-refractivity contribution >= 4 is 9.84 Å². The molecule has 0 amide bonds. The summed E-state index contributed by atoms with van der Waals surface area (Å²) < 4.78 is 37.5. The fourth-order valence-electron chi connectivity index (χ4n) is 1.23. The Balaban J connectivity index is 3.97. The first-order chi connectivity index (χ1) is 8.96. The lowest BCUT2D eigenvalue weighted by atomic mass is 10.3. The molecule has 114 valence electrons. The van der Waals surface area contributed by atoms with E-state index < -0.39 is 22.2 Å². The topological polar surface area (TPSA) is 102 Å². The van der Waals surface area contributed by atoms with Crippen molar-refractivity contribution in [1.29, 1.82) is 0 Å². The smallest absolute Gasteiger partial charge is 0.183 e. The fourth-order valence-corrected chi connectivity index (χ4v) is 1.97. The zero-order valence-electron chi connectivity index (χ0n) is 11.0. The monoisotopic (exact) mass is 298 g/mol. The Morgan fingerprint density at radius 2 is 2.00 bits per heavy atom. The molecule has 2 atom stereocenters. The predicted octanol–water partition coefficient (Wildman–Crippen LogP) is -0.706. The second kappa shape index (κ2) is 10.3. The number of aliphatic hydroxyl groups is 2. The lowest BCUT2D eigenvalue weighted by molar-refractivity contribution is -0.185. The number of hydrogen-bond donors (Lipinski definition) is 2. The highest BCUT2D eigenvalue weighted by atomic mass is 32.2. The van der Waals surface area contributed by atoms with Gasteiger partial charge in [0.25, 0.3) is 0 Å². The summed E-state index contributed by atoms with van der Waals surface area (Å²) in [7, 11) is -2.00. The summed E-state index contributed by atoms with van der Waals surface area (Å²) in [6.07, 6.45) is -1.99. The molecule has 2 N–H and O–H groups in total. The van der Waals surface area contributed by atoms with Gasteiger partial charge >= 0.3 is 0 Å². The van der Waals surface area contributed by atoms with Crippen LogP contribution in [0.25, 0.3) is 0 Å². The molecule has 19 heavy (non-hydrogen) atoms. The van der Waals surface area contributed by atoms with Gasteiger partial charge in [0, 0.05) is 12.5 Å². The number of methoxy groups -OCH3 is 1. The Hall–Kier alpha value is -0.510. The van der Waals surface area contributed by atoms with Gasteiger partial charge in [-0.1, -0.05) is 6.58 Å². The maximum absolute atomic E-state index is 11.2. The highest BCUT2D eigenvalue weighted by Crippen LogP contribution is 2.07. The molecule has 2 unspecified atom stereocenters. The Labute approximate surface area is 113 Å². The van der Waals surface area contributed by atoms with Crippen LogP contribution in [0.15, 0.2) is 12.0 Å². The predicted molar refractivity (Wildman–Crippen MR) is 69.3 cm³/mol. The van der Waals surface area contributed by atoms with Gasteiger partial charge in [0.15, 0.2) is 16.1 Å². The SMILES string of the molecule is C=CS(=O)(=O)CCC(O)C(OC)OCCOCCO. The van der Waals surface area contributed by atoms with Gasteiger partial charge in [0.1, 0.15) is 6.10 Å². The second-order valence-electron chi connectivity index (χ2n) is 3.70. The molecule has 0 aliphatic heterocycles. The van der Waals surface area contributed by atoms with Crippen molar-refractivity contribution in [2.24, 2.45) is 0 Å². The molecule has 0 aromatic rings. The lowest BCUT2D eigenvalue weighted by Gasteiger charge is -2.21. The van der Waals surface area contributed by atoms with E-state index >= 15 is 0 Å².